The molecule has 0 unspecified atom stereocenters. The number of aromatic nitrogens is 5. The molecule has 0 spiro atoms. The Morgan fingerprint density at radius 1 is 1.22 bits per heavy atom. The predicted molar refractivity (Wildman–Crippen MR) is 96.8 cm³/mol. The number of para-hydroxylation sites is 2. The Morgan fingerprint density at radius 2 is 2.11 bits per heavy atom. The topological polar surface area (TPSA) is 119 Å². The van der Waals surface area contributed by atoms with Crippen LogP contribution in [0.3, 0.4) is 0 Å². The maximum absolute atomic E-state index is 12.2. The number of benzene rings is 1. The lowest BCUT2D eigenvalue weighted by atomic mass is 10.3. The molecule has 0 aliphatic heterocycles. The monoisotopic (exact) mass is 364 g/mol. The molecule has 4 aromatic rings. The Morgan fingerprint density at radius 3 is 2.96 bits per heavy atom. The first kappa shape index (κ1) is 16.7. The van der Waals surface area contributed by atoms with Gasteiger partial charge in [-0.05, 0) is 24.3 Å². The first-order chi connectivity index (χ1) is 13.2. The third-order valence-corrected chi connectivity index (χ3v) is 4.01. The zero-order valence-electron chi connectivity index (χ0n) is 14.3. The number of nitrogens with zero attached hydrogens (tertiary/aromatic N) is 4. The zero-order valence-corrected chi connectivity index (χ0v) is 14.3. The normalized spacial score (nSPS) is 11.0. The summed E-state index contributed by atoms with van der Waals surface area (Å²) in [4.78, 5) is 32.5. The van der Waals surface area contributed by atoms with Gasteiger partial charge in [-0.25, -0.2) is 9.78 Å². The summed E-state index contributed by atoms with van der Waals surface area (Å²) in [7, 11) is 0. The molecule has 9 nitrogen and oxygen atoms in total. The fourth-order valence-electron chi connectivity index (χ4n) is 2.71. The number of aromatic amines is 1. The molecule has 0 radical (unpaired) electrons. The number of hydrogen-bond acceptors (Lipinski definition) is 6. The van der Waals surface area contributed by atoms with Crippen molar-refractivity contribution in [3.05, 3.63) is 65.2 Å². The average Bonchev–Trinajstić information content (AvgIpc) is 3.28. The van der Waals surface area contributed by atoms with E-state index < -0.39 is 5.76 Å². The molecule has 1 aromatic carbocycles. The van der Waals surface area contributed by atoms with Gasteiger partial charge < -0.3 is 9.73 Å². The van der Waals surface area contributed by atoms with Gasteiger partial charge in [-0.2, -0.15) is 5.10 Å². The largest absolute Gasteiger partial charge is 0.420 e. The van der Waals surface area contributed by atoms with Crippen LogP contribution in [0.1, 0.15) is 5.82 Å². The number of pyridine rings is 1. The van der Waals surface area contributed by atoms with Gasteiger partial charge in [0.05, 0.1) is 5.52 Å². The van der Waals surface area contributed by atoms with Crippen molar-refractivity contribution in [3.63, 3.8) is 0 Å². The summed E-state index contributed by atoms with van der Waals surface area (Å²) in [6, 6.07) is 10.7. The van der Waals surface area contributed by atoms with E-state index in [2.05, 4.69) is 25.5 Å². The van der Waals surface area contributed by atoms with Crippen molar-refractivity contribution >= 4 is 17.0 Å². The van der Waals surface area contributed by atoms with Gasteiger partial charge in [0.15, 0.2) is 11.4 Å². The second kappa shape index (κ2) is 7.24. The molecule has 0 bridgehead atoms. The summed E-state index contributed by atoms with van der Waals surface area (Å²) in [6.07, 6.45) is 3.85. The summed E-state index contributed by atoms with van der Waals surface area (Å²) < 4.78 is 6.42. The average molecular weight is 364 g/mol. The predicted octanol–water partition coefficient (Wildman–Crippen LogP) is 1.13. The van der Waals surface area contributed by atoms with E-state index in [0.29, 0.717) is 35.7 Å². The van der Waals surface area contributed by atoms with E-state index in [4.69, 9.17) is 4.42 Å². The van der Waals surface area contributed by atoms with Gasteiger partial charge in [-0.1, -0.05) is 12.1 Å². The smallest absolute Gasteiger partial charge is 0.408 e. The van der Waals surface area contributed by atoms with Crippen molar-refractivity contribution < 1.29 is 9.21 Å². The third-order valence-electron chi connectivity index (χ3n) is 4.01. The molecule has 27 heavy (non-hydrogen) atoms. The molecule has 0 aliphatic carbocycles. The van der Waals surface area contributed by atoms with E-state index in [1.165, 1.54) is 4.57 Å². The summed E-state index contributed by atoms with van der Waals surface area (Å²) in [6.45, 7) is 0.262. The van der Waals surface area contributed by atoms with E-state index >= 15 is 0 Å². The van der Waals surface area contributed by atoms with Gasteiger partial charge >= 0.3 is 5.76 Å². The van der Waals surface area contributed by atoms with Gasteiger partial charge in [0.1, 0.15) is 12.4 Å². The molecule has 3 heterocycles. The number of carbonyl (C=O) groups excluding carboxylic acids is 1. The van der Waals surface area contributed by atoms with Crippen molar-refractivity contribution in [1.82, 2.24) is 30.0 Å². The highest BCUT2D eigenvalue weighted by molar-refractivity contribution is 5.79. The number of H-pyrrole nitrogens is 1. The van der Waals surface area contributed by atoms with Gasteiger partial charge in [0.25, 0.3) is 0 Å². The summed E-state index contributed by atoms with van der Waals surface area (Å²) >= 11 is 0. The Kier molecular flexibility index (Phi) is 4.48. The molecule has 9 heteroatoms. The van der Waals surface area contributed by atoms with Gasteiger partial charge in [0.2, 0.25) is 5.91 Å². The highest BCUT2D eigenvalue weighted by Gasteiger charge is 2.12. The lowest BCUT2D eigenvalue weighted by molar-refractivity contribution is -0.121. The lowest BCUT2D eigenvalue weighted by Crippen LogP contribution is -2.32. The Hall–Kier alpha value is -3.75. The number of carbonyl (C=O) groups is 1. The van der Waals surface area contributed by atoms with Crippen LogP contribution >= 0.6 is 0 Å². The number of amides is 1. The first-order valence-corrected chi connectivity index (χ1v) is 8.37. The lowest BCUT2D eigenvalue weighted by Gasteiger charge is -2.04. The molecule has 0 saturated carbocycles. The maximum atomic E-state index is 12.2. The molecule has 0 atom stereocenters. The van der Waals surface area contributed by atoms with Crippen molar-refractivity contribution in [2.75, 3.05) is 6.54 Å². The molecule has 0 saturated heterocycles. The number of hydrogen-bond donors (Lipinski definition) is 2. The number of oxazole rings is 1. The Labute approximate surface area is 153 Å². The fourth-order valence-corrected chi connectivity index (χ4v) is 2.71. The summed E-state index contributed by atoms with van der Waals surface area (Å²) in [5.74, 6) is 0.374. The van der Waals surface area contributed by atoms with E-state index in [-0.39, 0.29) is 12.5 Å². The van der Waals surface area contributed by atoms with E-state index in [0.717, 1.165) is 5.56 Å². The van der Waals surface area contributed by atoms with Crippen LogP contribution in [0.2, 0.25) is 0 Å². The highest BCUT2D eigenvalue weighted by Crippen LogP contribution is 2.12. The molecule has 0 aliphatic rings. The minimum atomic E-state index is -0.553. The molecule has 136 valence electrons. The van der Waals surface area contributed by atoms with Gasteiger partial charge in [-0.15, -0.1) is 0 Å². The van der Waals surface area contributed by atoms with E-state index in [1.807, 2.05) is 12.1 Å². The number of nitrogens with one attached hydrogen (secondary N) is 2. The van der Waals surface area contributed by atoms with Crippen molar-refractivity contribution in [2.45, 2.75) is 13.0 Å². The van der Waals surface area contributed by atoms with Crippen molar-refractivity contribution in [3.8, 4) is 11.4 Å². The van der Waals surface area contributed by atoms with Crippen LogP contribution < -0.4 is 11.1 Å². The minimum absolute atomic E-state index is 0.104. The highest BCUT2D eigenvalue weighted by atomic mass is 16.4. The van der Waals surface area contributed by atoms with Crippen LogP contribution in [-0.4, -0.2) is 37.2 Å². The molecule has 3 aromatic heterocycles. The summed E-state index contributed by atoms with van der Waals surface area (Å²) in [5.41, 5.74) is 1.86. The van der Waals surface area contributed by atoms with Crippen LogP contribution in [0, 0.1) is 0 Å². The van der Waals surface area contributed by atoms with Crippen molar-refractivity contribution in [2.24, 2.45) is 0 Å². The third kappa shape index (κ3) is 3.61. The van der Waals surface area contributed by atoms with Crippen molar-refractivity contribution in [1.29, 1.82) is 0 Å². The molecule has 4 rings (SSSR count). The Balaban J connectivity index is 1.34. The molecule has 2 N–H and O–H groups in total. The maximum Gasteiger partial charge on any atom is 0.420 e. The van der Waals surface area contributed by atoms with Gasteiger partial charge in [-0.3, -0.25) is 19.4 Å². The standard InChI is InChI=1S/C18H16N6O3/c25-16(11-24-13-5-1-2-6-14(13)27-18(24)26)20-9-7-15-21-17(23-22-15)12-4-3-8-19-10-12/h1-6,8,10H,7,9,11H2,(H,20,25)(H,21,22,23). The van der Waals surface area contributed by atoms with Gasteiger partial charge in [0, 0.05) is 30.9 Å². The number of fused-ring (bicyclic) bond motifs is 1. The van der Waals surface area contributed by atoms with E-state index in [1.54, 1.807) is 36.7 Å². The molecular formula is C18H16N6O3. The Bertz CT molecular complexity index is 1130. The second-order valence-corrected chi connectivity index (χ2v) is 5.87. The number of rotatable bonds is 6. The second-order valence-electron chi connectivity index (χ2n) is 5.87. The van der Waals surface area contributed by atoms with Crippen LogP contribution in [0.5, 0.6) is 0 Å². The SMILES string of the molecule is O=C(Cn1c(=O)oc2ccccc21)NCCc1nc(-c2cccnc2)n[nH]1. The first-order valence-electron chi connectivity index (χ1n) is 8.37. The van der Waals surface area contributed by atoms with Crippen LogP contribution in [0.4, 0.5) is 0 Å². The summed E-state index contributed by atoms with van der Waals surface area (Å²) in [5, 5.41) is 9.76. The molecule has 0 fully saturated rings. The molecular weight excluding hydrogens is 348 g/mol. The molecule has 1 amide bonds. The van der Waals surface area contributed by atoms with Crippen LogP contribution in [0.25, 0.3) is 22.5 Å². The minimum Gasteiger partial charge on any atom is -0.408 e. The van der Waals surface area contributed by atoms with E-state index in [9.17, 15) is 9.59 Å². The fraction of sp³-hybridized carbons (Fsp3) is 0.167. The quantitative estimate of drug-likeness (QED) is 0.529. The zero-order chi connectivity index (χ0) is 18.6. The van der Waals surface area contributed by atoms with Crippen LogP contribution in [0.15, 0.2) is 58.0 Å². The van der Waals surface area contributed by atoms with Crippen LogP contribution in [-0.2, 0) is 17.8 Å².